The van der Waals surface area contributed by atoms with Crippen molar-refractivity contribution < 1.29 is 14.3 Å². The molecule has 28 heavy (non-hydrogen) atoms. The van der Waals surface area contributed by atoms with Gasteiger partial charge in [-0.2, -0.15) is 0 Å². The normalized spacial score (nSPS) is 26.1. The minimum atomic E-state index is 0.0958. The van der Waals surface area contributed by atoms with E-state index >= 15 is 0 Å². The quantitative estimate of drug-likeness (QED) is 0.742. The molecule has 0 aromatic carbocycles. The van der Waals surface area contributed by atoms with Gasteiger partial charge in [0.05, 0.1) is 12.2 Å². The molecule has 0 N–H and O–H groups in total. The van der Waals surface area contributed by atoms with Crippen LogP contribution in [0.2, 0.25) is 0 Å². The molecule has 0 radical (unpaired) electrons. The van der Waals surface area contributed by atoms with E-state index in [1.54, 1.807) is 0 Å². The molecule has 0 aromatic heterocycles. The van der Waals surface area contributed by atoms with Gasteiger partial charge in [0, 0.05) is 45.2 Å². The van der Waals surface area contributed by atoms with Gasteiger partial charge in [0.15, 0.2) is 0 Å². The minimum Gasteiger partial charge on any atom is -0.375 e. The van der Waals surface area contributed by atoms with Crippen LogP contribution in [0.3, 0.4) is 0 Å². The zero-order chi connectivity index (χ0) is 19.3. The van der Waals surface area contributed by atoms with Crippen molar-refractivity contribution >= 4 is 11.9 Å². The number of ether oxygens (including phenoxy) is 1. The van der Waals surface area contributed by atoms with Crippen LogP contribution in [0.25, 0.3) is 0 Å². The molecule has 1 aliphatic carbocycles. The first-order chi connectivity index (χ1) is 13.7. The number of amides is 3. The zero-order valence-electron chi connectivity index (χ0n) is 17.3. The van der Waals surface area contributed by atoms with Gasteiger partial charge in [-0.25, -0.2) is 4.79 Å². The summed E-state index contributed by atoms with van der Waals surface area (Å²) in [6, 6.07) is 0.184. The molecule has 1 saturated carbocycles. The van der Waals surface area contributed by atoms with E-state index in [4.69, 9.17) is 4.74 Å². The van der Waals surface area contributed by atoms with Gasteiger partial charge in [-0.1, -0.05) is 19.3 Å². The Kier molecular flexibility index (Phi) is 6.76. The van der Waals surface area contributed by atoms with Crippen LogP contribution >= 0.6 is 0 Å². The number of nitrogens with zero attached hydrogens (tertiary/aromatic N) is 3. The molecule has 4 rings (SSSR count). The highest BCUT2D eigenvalue weighted by molar-refractivity contribution is 5.80. The average molecular weight is 392 g/mol. The summed E-state index contributed by atoms with van der Waals surface area (Å²) in [6.07, 6.45) is 13.0. The molecular formula is C22H37N3O3. The molecule has 0 unspecified atom stereocenters. The molecule has 6 nitrogen and oxygen atoms in total. The van der Waals surface area contributed by atoms with Crippen molar-refractivity contribution in [3.8, 4) is 0 Å². The fourth-order valence-electron chi connectivity index (χ4n) is 5.37. The molecule has 3 heterocycles. The average Bonchev–Trinajstić information content (AvgIpc) is 3.29. The molecule has 0 bridgehead atoms. The molecule has 0 aromatic rings. The molecule has 0 atom stereocenters. The Bertz CT molecular complexity index is 527. The van der Waals surface area contributed by atoms with Gasteiger partial charge in [-0.05, 0) is 51.4 Å². The zero-order valence-corrected chi connectivity index (χ0v) is 17.3. The van der Waals surface area contributed by atoms with E-state index in [9.17, 15) is 9.59 Å². The number of likely N-dealkylation sites (tertiary alicyclic amines) is 3. The Morgan fingerprint density at radius 2 is 1.11 bits per heavy atom. The van der Waals surface area contributed by atoms with Crippen LogP contribution in [0.4, 0.5) is 4.79 Å². The van der Waals surface area contributed by atoms with Crippen LogP contribution in [-0.2, 0) is 9.53 Å². The third-order valence-corrected chi connectivity index (χ3v) is 7.18. The first-order valence-corrected chi connectivity index (χ1v) is 11.7. The van der Waals surface area contributed by atoms with Crippen LogP contribution in [0.15, 0.2) is 0 Å². The summed E-state index contributed by atoms with van der Waals surface area (Å²) in [5.41, 5.74) is 0. The molecule has 158 valence electrons. The van der Waals surface area contributed by atoms with Crippen LogP contribution in [0.5, 0.6) is 0 Å². The summed E-state index contributed by atoms with van der Waals surface area (Å²) in [4.78, 5) is 31.5. The largest absolute Gasteiger partial charge is 0.375 e. The van der Waals surface area contributed by atoms with E-state index in [0.717, 1.165) is 77.8 Å². The Morgan fingerprint density at radius 1 is 0.571 bits per heavy atom. The molecule has 6 heteroatoms. The number of rotatable bonds is 3. The summed E-state index contributed by atoms with van der Waals surface area (Å²) in [6.45, 7) is 4.93. The lowest BCUT2D eigenvalue weighted by Crippen LogP contribution is -2.49. The van der Waals surface area contributed by atoms with Crippen LogP contribution in [0.1, 0.15) is 70.6 Å². The van der Waals surface area contributed by atoms with Crippen molar-refractivity contribution in [2.75, 3.05) is 39.3 Å². The number of hydrogen-bond donors (Lipinski definition) is 0. The number of carbonyl (C=O) groups is 2. The maximum absolute atomic E-state index is 13.0. The molecule has 3 saturated heterocycles. The second kappa shape index (κ2) is 9.47. The molecule has 3 amide bonds. The molecule has 4 aliphatic rings. The maximum Gasteiger partial charge on any atom is 0.319 e. The summed E-state index contributed by atoms with van der Waals surface area (Å²) in [5.74, 6) is 0.405. The fraction of sp³-hybridized carbons (Fsp3) is 0.909. The second-order valence-corrected chi connectivity index (χ2v) is 9.16. The second-order valence-electron chi connectivity index (χ2n) is 9.16. The van der Waals surface area contributed by atoms with E-state index in [0.29, 0.717) is 18.1 Å². The highest BCUT2D eigenvalue weighted by Crippen LogP contribution is 2.27. The first-order valence-electron chi connectivity index (χ1n) is 11.7. The lowest BCUT2D eigenvalue weighted by atomic mass is 9.94. The van der Waals surface area contributed by atoms with Gasteiger partial charge in [0.25, 0.3) is 0 Å². The molecule has 4 fully saturated rings. The van der Waals surface area contributed by atoms with Gasteiger partial charge >= 0.3 is 6.03 Å². The van der Waals surface area contributed by atoms with Crippen molar-refractivity contribution in [1.29, 1.82) is 0 Å². The fourth-order valence-corrected chi connectivity index (χ4v) is 5.37. The Morgan fingerprint density at radius 3 is 1.75 bits per heavy atom. The summed E-state index contributed by atoms with van der Waals surface area (Å²) < 4.78 is 6.31. The van der Waals surface area contributed by atoms with Crippen molar-refractivity contribution in [3.05, 3.63) is 0 Å². The highest BCUT2D eigenvalue weighted by Gasteiger charge is 2.34. The first kappa shape index (κ1) is 20.0. The highest BCUT2D eigenvalue weighted by atomic mass is 16.5. The lowest BCUT2D eigenvalue weighted by molar-refractivity contribution is -0.140. The van der Waals surface area contributed by atoms with Crippen molar-refractivity contribution in [2.45, 2.75) is 82.8 Å². The standard InChI is InChI=1S/C22H37N3O3/c26-21(18-8-14-25(15-9-18)22(27)24-12-4-5-13-24)23-16-10-20(11-17-23)28-19-6-2-1-3-7-19/h18-20H,1-17H2. The predicted molar refractivity (Wildman–Crippen MR) is 108 cm³/mol. The maximum atomic E-state index is 13.0. The topological polar surface area (TPSA) is 53.1 Å². The van der Waals surface area contributed by atoms with Crippen LogP contribution < -0.4 is 0 Å². The van der Waals surface area contributed by atoms with Gasteiger partial charge in [0.1, 0.15) is 0 Å². The number of urea groups is 1. The number of hydrogen-bond acceptors (Lipinski definition) is 3. The summed E-state index contributed by atoms with van der Waals surface area (Å²) >= 11 is 0. The predicted octanol–water partition coefficient (Wildman–Crippen LogP) is 3.25. The van der Waals surface area contributed by atoms with Gasteiger partial charge in [-0.15, -0.1) is 0 Å². The van der Waals surface area contributed by atoms with Crippen LogP contribution in [-0.4, -0.2) is 78.1 Å². The number of carbonyl (C=O) groups excluding carboxylic acids is 2. The smallest absolute Gasteiger partial charge is 0.319 e. The third kappa shape index (κ3) is 4.81. The van der Waals surface area contributed by atoms with E-state index in [2.05, 4.69) is 4.90 Å². The SMILES string of the molecule is O=C(C1CCN(C(=O)N2CCCC2)CC1)N1CCC(OC2CCCCC2)CC1. The van der Waals surface area contributed by atoms with Crippen molar-refractivity contribution in [2.24, 2.45) is 5.92 Å². The Balaban J connectivity index is 1.18. The van der Waals surface area contributed by atoms with E-state index in [1.807, 2.05) is 9.80 Å². The monoisotopic (exact) mass is 391 g/mol. The molecule has 3 aliphatic heterocycles. The van der Waals surface area contributed by atoms with E-state index < -0.39 is 0 Å². The van der Waals surface area contributed by atoms with Gasteiger partial charge < -0.3 is 19.4 Å². The molecule has 0 spiro atoms. The third-order valence-electron chi connectivity index (χ3n) is 7.18. The van der Waals surface area contributed by atoms with E-state index in [1.165, 1.54) is 32.1 Å². The van der Waals surface area contributed by atoms with Crippen molar-refractivity contribution in [1.82, 2.24) is 14.7 Å². The van der Waals surface area contributed by atoms with Gasteiger partial charge in [-0.3, -0.25) is 4.79 Å². The van der Waals surface area contributed by atoms with Crippen LogP contribution in [0, 0.1) is 5.92 Å². The Hall–Kier alpha value is -1.30. The summed E-state index contributed by atoms with van der Waals surface area (Å²) in [7, 11) is 0. The van der Waals surface area contributed by atoms with Gasteiger partial charge in [0.2, 0.25) is 5.91 Å². The van der Waals surface area contributed by atoms with Crippen molar-refractivity contribution in [3.63, 3.8) is 0 Å². The minimum absolute atomic E-state index is 0.0958. The number of piperidine rings is 2. The molecular weight excluding hydrogens is 354 g/mol. The van der Waals surface area contributed by atoms with E-state index in [-0.39, 0.29) is 11.9 Å². The summed E-state index contributed by atoms with van der Waals surface area (Å²) in [5, 5.41) is 0. The lowest BCUT2D eigenvalue weighted by Gasteiger charge is -2.39. The Labute approximate surface area is 169 Å².